The van der Waals surface area contributed by atoms with Crippen LogP contribution in [0.25, 0.3) is 10.8 Å². The molecule has 3 nitrogen and oxygen atoms in total. The SMILES string of the molecule is NCc1nc(C(=O)c2cccc3ccccc23)cs1. The lowest BCUT2D eigenvalue weighted by molar-refractivity contribution is 0.103. The van der Waals surface area contributed by atoms with Gasteiger partial charge in [0.15, 0.2) is 0 Å². The van der Waals surface area contributed by atoms with Crippen LogP contribution in [0.2, 0.25) is 0 Å². The number of carbonyl (C=O) groups is 1. The van der Waals surface area contributed by atoms with E-state index in [0.29, 0.717) is 17.8 Å². The number of hydrogen-bond acceptors (Lipinski definition) is 4. The third-order valence-corrected chi connectivity index (χ3v) is 3.86. The third kappa shape index (κ3) is 2.16. The highest BCUT2D eigenvalue weighted by molar-refractivity contribution is 7.09. The van der Waals surface area contributed by atoms with Crippen LogP contribution in [0.5, 0.6) is 0 Å². The van der Waals surface area contributed by atoms with Gasteiger partial charge in [0.2, 0.25) is 5.78 Å². The van der Waals surface area contributed by atoms with E-state index < -0.39 is 0 Å². The number of benzene rings is 2. The van der Waals surface area contributed by atoms with Gasteiger partial charge in [-0.2, -0.15) is 0 Å². The van der Waals surface area contributed by atoms with Crippen molar-refractivity contribution in [3.05, 3.63) is 64.1 Å². The van der Waals surface area contributed by atoms with E-state index in [4.69, 9.17) is 5.73 Å². The van der Waals surface area contributed by atoms with Crippen LogP contribution in [-0.2, 0) is 6.54 Å². The number of rotatable bonds is 3. The average molecular weight is 268 g/mol. The summed E-state index contributed by atoms with van der Waals surface area (Å²) >= 11 is 1.42. The molecule has 0 radical (unpaired) electrons. The normalized spacial score (nSPS) is 10.8. The summed E-state index contributed by atoms with van der Waals surface area (Å²) in [7, 11) is 0. The number of nitrogens with zero attached hydrogens (tertiary/aromatic N) is 1. The van der Waals surface area contributed by atoms with Gasteiger partial charge in [-0.15, -0.1) is 11.3 Å². The van der Waals surface area contributed by atoms with Gasteiger partial charge in [-0.3, -0.25) is 4.79 Å². The van der Waals surface area contributed by atoms with Gasteiger partial charge in [0.25, 0.3) is 0 Å². The monoisotopic (exact) mass is 268 g/mol. The van der Waals surface area contributed by atoms with Crippen molar-refractivity contribution < 1.29 is 4.79 Å². The van der Waals surface area contributed by atoms with Crippen molar-refractivity contribution in [1.29, 1.82) is 0 Å². The Hall–Kier alpha value is -2.04. The zero-order valence-electron chi connectivity index (χ0n) is 10.2. The Balaban J connectivity index is 2.11. The first-order valence-corrected chi connectivity index (χ1v) is 6.84. The van der Waals surface area contributed by atoms with Crippen LogP contribution in [0.15, 0.2) is 47.8 Å². The molecule has 94 valence electrons. The van der Waals surface area contributed by atoms with Crippen LogP contribution in [0, 0.1) is 0 Å². The Labute approximate surface area is 114 Å². The van der Waals surface area contributed by atoms with Crippen LogP contribution in [0.1, 0.15) is 21.1 Å². The lowest BCUT2D eigenvalue weighted by Gasteiger charge is -2.03. The molecule has 4 heteroatoms. The molecule has 19 heavy (non-hydrogen) atoms. The zero-order valence-corrected chi connectivity index (χ0v) is 11.0. The highest BCUT2D eigenvalue weighted by Crippen LogP contribution is 2.22. The summed E-state index contributed by atoms with van der Waals surface area (Å²) < 4.78 is 0. The molecule has 0 unspecified atom stereocenters. The zero-order chi connectivity index (χ0) is 13.2. The molecule has 2 N–H and O–H groups in total. The van der Waals surface area contributed by atoms with Gasteiger partial charge in [-0.25, -0.2) is 4.98 Å². The second-order valence-electron chi connectivity index (χ2n) is 4.19. The Morgan fingerprint density at radius 1 is 1.16 bits per heavy atom. The maximum Gasteiger partial charge on any atom is 0.212 e. The van der Waals surface area contributed by atoms with Crippen molar-refractivity contribution in [3.63, 3.8) is 0 Å². The lowest BCUT2D eigenvalue weighted by atomic mass is 10.0. The summed E-state index contributed by atoms with van der Waals surface area (Å²) in [6, 6.07) is 13.6. The molecule has 0 saturated carbocycles. The van der Waals surface area contributed by atoms with Crippen molar-refractivity contribution in [2.24, 2.45) is 5.73 Å². The molecule has 1 heterocycles. The van der Waals surface area contributed by atoms with E-state index >= 15 is 0 Å². The predicted molar refractivity (Wildman–Crippen MR) is 77.4 cm³/mol. The molecule has 0 bridgehead atoms. The molecule has 0 spiro atoms. The van der Waals surface area contributed by atoms with Crippen molar-refractivity contribution in [3.8, 4) is 0 Å². The van der Waals surface area contributed by atoms with E-state index in [9.17, 15) is 4.79 Å². The standard InChI is InChI=1S/C15H12N2OS/c16-8-14-17-13(9-19-14)15(18)12-7-3-5-10-4-1-2-6-11(10)12/h1-7,9H,8,16H2. The number of nitrogens with two attached hydrogens (primary N) is 1. The lowest BCUT2D eigenvalue weighted by Crippen LogP contribution is -2.04. The van der Waals surface area contributed by atoms with Crippen LogP contribution in [-0.4, -0.2) is 10.8 Å². The molecular weight excluding hydrogens is 256 g/mol. The minimum Gasteiger partial charge on any atom is -0.325 e. The minimum atomic E-state index is -0.0484. The second kappa shape index (κ2) is 4.91. The number of ketones is 1. The number of carbonyl (C=O) groups excluding carboxylic acids is 1. The fourth-order valence-electron chi connectivity index (χ4n) is 2.07. The van der Waals surface area contributed by atoms with Crippen molar-refractivity contribution in [2.75, 3.05) is 0 Å². The summed E-state index contributed by atoms with van der Waals surface area (Å²) in [5, 5.41) is 4.57. The maximum absolute atomic E-state index is 12.5. The summed E-state index contributed by atoms with van der Waals surface area (Å²) in [6.45, 7) is 0.369. The van der Waals surface area contributed by atoms with E-state index in [-0.39, 0.29) is 5.78 Å². The van der Waals surface area contributed by atoms with Gasteiger partial charge in [0.05, 0.1) is 0 Å². The first-order chi connectivity index (χ1) is 9.29. The number of fused-ring (bicyclic) bond motifs is 1. The first-order valence-electron chi connectivity index (χ1n) is 5.96. The summed E-state index contributed by atoms with van der Waals surface area (Å²) in [5.41, 5.74) is 6.69. The van der Waals surface area contributed by atoms with Gasteiger partial charge in [0, 0.05) is 17.5 Å². The van der Waals surface area contributed by atoms with Gasteiger partial charge in [-0.05, 0) is 10.8 Å². The van der Waals surface area contributed by atoms with E-state index in [0.717, 1.165) is 15.8 Å². The molecule has 0 amide bonds. The largest absolute Gasteiger partial charge is 0.325 e. The topological polar surface area (TPSA) is 56.0 Å². The minimum absolute atomic E-state index is 0.0484. The first kappa shape index (κ1) is 12.0. The highest BCUT2D eigenvalue weighted by atomic mass is 32.1. The Morgan fingerprint density at radius 2 is 1.95 bits per heavy atom. The molecule has 3 aromatic rings. The fourth-order valence-corrected chi connectivity index (χ4v) is 2.73. The summed E-state index contributed by atoms with van der Waals surface area (Å²) in [5.74, 6) is -0.0484. The van der Waals surface area contributed by atoms with Gasteiger partial charge in [-0.1, -0.05) is 42.5 Å². The summed E-state index contributed by atoms with van der Waals surface area (Å²) in [4.78, 5) is 16.7. The molecule has 0 atom stereocenters. The molecule has 3 rings (SSSR count). The number of thiazole rings is 1. The van der Waals surface area contributed by atoms with Crippen LogP contribution < -0.4 is 5.73 Å². The fraction of sp³-hybridized carbons (Fsp3) is 0.0667. The molecule has 0 aliphatic rings. The maximum atomic E-state index is 12.5. The third-order valence-electron chi connectivity index (χ3n) is 2.99. The molecule has 0 fully saturated rings. The average Bonchev–Trinajstić information content (AvgIpc) is 2.95. The molecule has 0 aliphatic carbocycles. The summed E-state index contributed by atoms with van der Waals surface area (Å²) in [6.07, 6.45) is 0. The van der Waals surface area contributed by atoms with E-state index in [1.807, 2.05) is 42.5 Å². The molecular formula is C15H12N2OS. The van der Waals surface area contributed by atoms with Crippen molar-refractivity contribution in [1.82, 2.24) is 4.98 Å². The molecule has 0 saturated heterocycles. The van der Waals surface area contributed by atoms with Gasteiger partial charge >= 0.3 is 0 Å². The predicted octanol–water partition coefficient (Wildman–Crippen LogP) is 2.99. The number of aromatic nitrogens is 1. The van der Waals surface area contributed by atoms with E-state index in [2.05, 4.69) is 4.98 Å². The van der Waals surface area contributed by atoms with E-state index in [1.165, 1.54) is 11.3 Å². The van der Waals surface area contributed by atoms with Crippen molar-refractivity contribution >= 4 is 27.9 Å². The quantitative estimate of drug-likeness (QED) is 0.743. The smallest absolute Gasteiger partial charge is 0.212 e. The van der Waals surface area contributed by atoms with Crippen LogP contribution in [0.3, 0.4) is 0 Å². The van der Waals surface area contributed by atoms with Gasteiger partial charge < -0.3 is 5.73 Å². The molecule has 1 aromatic heterocycles. The van der Waals surface area contributed by atoms with Crippen LogP contribution >= 0.6 is 11.3 Å². The highest BCUT2D eigenvalue weighted by Gasteiger charge is 2.15. The number of hydrogen-bond donors (Lipinski definition) is 1. The van der Waals surface area contributed by atoms with E-state index in [1.54, 1.807) is 5.38 Å². The Morgan fingerprint density at radius 3 is 2.74 bits per heavy atom. The van der Waals surface area contributed by atoms with Crippen molar-refractivity contribution in [2.45, 2.75) is 6.54 Å². The van der Waals surface area contributed by atoms with Crippen LogP contribution in [0.4, 0.5) is 0 Å². The molecule has 2 aromatic carbocycles. The Kier molecular flexibility index (Phi) is 3.11. The molecule has 0 aliphatic heterocycles. The Bertz CT molecular complexity index is 743. The second-order valence-corrected chi connectivity index (χ2v) is 5.13. The van der Waals surface area contributed by atoms with Gasteiger partial charge in [0.1, 0.15) is 10.7 Å².